The molecule has 0 aromatic carbocycles. The van der Waals surface area contributed by atoms with Crippen molar-refractivity contribution in [2.75, 3.05) is 0 Å². The Balaban J connectivity index is 2.69. The smallest absolute Gasteiger partial charge is 0.373 e. The first-order chi connectivity index (χ1) is 7.04. The van der Waals surface area contributed by atoms with E-state index in [0.717, 1.165) is 5.57 Å². The summed E-state index contributed by atoms with van der Waals surface area (Å²) in [6, 6.07) is 0. The summed E-state index contributed by atoms with van der Waals surface area (Å²) in [6.45, 7) is 3.75. The Morgan fingerprint density at radius 2 is 2.53 bits per heavy atom. The van der Waals surface area contributed by atoms with E-state index in [0.29, 0.717) is 6.42 Å². The molecule has 0 unspecified atom stereocenters. The van der Waals surface area contributed by atoms with Crippen molar-refractivity contribution in [3.05, 3.63) is 23.5 Å². The number of rotatable bonds is 2. The Morgan fingerprint density at radius 1 is 1.87 bits per heavy atom. The Labute approximate surface area is 89.4 Å². The van der Waals surface area contributed by atoms with Gasteiger partial charge >= 0.3 is 5.97 Å². The molecule has 1 rings (SSSR count). The minimum absolute atomic E-state index is 0.0503. The lowest BCUT2D eigenvalue weighted by Gasteiger charge is -2.23. The molecule has 0 saturated carbocycles. The third-order valence-corrected chi connectivity index (χ3v) is 2.34. The van der Waals surface area contributed by atoms with Gasteiger partial charge in [0.05, 0.1) is 0 Å². The van der Waals surface area contributed by atoms with Crippen LogP contribution in [-0.4, -0.2) is 17.2 Å². The fraction of sp³-hybridized carbons (Fsp3) is 0.417. The monoisotopic (exact) mass is 206 g/mol. The van der Waals surface area contributed by atoms with Crippen molar-refractivity contribution in [2.24, 2.45) is 5.92 Å². The maximum Gasteiger partial charge on any atom is 0.373 e. The lowest BCUT2D eigenvalue weighted by molar-refractivity contribution is -0.150. The molecule has 3 heteroatoms. The molecule has 0 spiro atoms. The lowest BCUT2D eigenvalue weighted by Crippen LogP contribution is -2.28. The van der Waals surface area contributed by atoms with Gasteiger partial charge in [0.1, 0.15) is 6.10 Å². The topological polar surface area (TPSA) is 46.5 Å². The van der Waals surface area contributed by atoms with Gasteiger partial charge in [0.15, 0.2) is 5.76 Å². The molecule has 0 saturated heterocycles. The van der Waals surface area contributed by atoms with Gasteiger partial charge in [-0.3, -0.25) is 0 Å². The van der Waals surface area contributed by atoms with E-state index in [1.54, 1.807) is 0 Å². The van der Waals surface area contributed by atoms with Crippen molar-refractivity contribution in [1.82, 2.24) is 0 Å². The molecule has 3 nitrogen and oxygen atoms in total. The lowest BCUT2D eigenvalue weighted by atomic mass is 9.97. The van der Waals surface area contributed by atoms with E-state index in [4.69, 9.17) is 16.3 Å². The molecule has 1 aliphatic heterocycles. The molecule has 1 N–H and O–H groups in total. The number of ether oxygens (including phenoxy) is 1. The zero-order chi connectivity index (χ0) is 11.4. The normalized spacial score (nSPS) is 23.8. The second-order valence-electron chi connectivity index (χ2n) is 3.62. The fourth-order valence-electron chi connectivity index (χ4n) is 1.43. The van der Waals surface area contributed by atoms with Crippen molar-refractivity contribution in [1.29, 1.82) is 0 Å². The predicted octanol–water partition coefficient (Wildman–Crippen LogP) is 1.96. The zero-order valence-electron chi connectivity index (χ0n) is 8.86. The number of carbonyl (C=O) groups excluding carboxylic acids is 1. The van der Waals surface area contributed by atoms with E-state index in [2.05, 4.69) is 5.92 Å². The number of esters is 1. The average Bonchev–Trinajstić information content (AvgIpc) is 2.21. The second kappa shape index (κ2) is 4.70. The van der Waals surface area contributed by atoms with Gasteiger partial charge in [-0.1, -0.05) is 18.9 Å². The van der Waals surface area contributed by atoms with Gasteiger partial charge in [0.25, 0.3) is 0 Å². The summed E-state index contributed by atoms with van der Waals surface area (Å²) in [5.41, 5.74) is 0.817. The third-order valence-electron chi connectivity index (χ3n) is 2.34. The van der Waals surface area contributed by atoms with Crippen molar-refractivity contribution >= 4 is 5.97 Å². The molecule has 80 valence electrons. The highest BCUT2D eigenvalue weighted by Gasteiger charge is 2.25. The summed E-state index contributed by atoms with van der Waals surface area (Å²) >= 11 is 0. The molecule has 1 aliphatic rings. The maximum atomic E-state index is 11.1. The molecule has 0 amide bonds. The molecule has 0 aromatic rings. The van der Waals surface area contributed by atoms with Crippen LogP contribution < -0.4 is 0 Å². The van der Waals surface area contributed by atoms with Gasteiger partial charge < -0.3 is 9.84 Å². The Bertz CT molecular complexity index is 358. The first-order valence-electron chi connectivity index (χ1n) is 4.79. The van der Waals surface area contributed by atoms with Crippen LogP contribution in [0, 0.1) is 18.3 Å². The minimum Gasteiger partial charge on any atom is -0.502 e. The van der Waals surface area contributed by atoms with E-state index >= 15 is 0 Å². The molecule has 0 bridgehead atoms. The number of allylic oxidation sites excluding steroid dienone is 1. The standard InChI is InChI=1S/C12H14O3/c1-4-8(2)7-9(3)11-6-5-10(13)12(14)15-11/h1,5,7,9,11,13H,6H2,2-3H3/b8-7+/t9-,11-/m0/s1. The molecule has 0 fully saturated rings. The van der Waals surface area contributed by atoms with Crippen LogP contribution in [0.5, 0.6) is 0 Å². The number of aliphatic hydroxyl groups is 1. The SMILES string of the molecule is C#C/C(C)=C/[C@H](C)[C@@H]1CC=C(O)C(=O)O1. The Kier molecular flexibility index (Phi) is 3.56. The van der Waals surface area contributed by atoms with Crippen molar-refractivity contribution in [3.8, 4) is 12.3 Å². The molecule has 0 aliphatic carbocycles. The van der Waals surface area contributed by atoms with Crippen LogP contribution in [0.1, 0.15) is 20.3 Å². The van der Waals surface area contributed by atoms with Crippen molar-refractivity contribution in [2.45, 2.75) is 26.4 Å². The van der Waals surface area contributed by atoms with Gasteiger partial charge in [0, 0.05) is 12.3 Å². The Hall–Kier alpha value is -1.69. The van der Waals surface area contributed by atoms with Gasteiger partial charge in [0.2, 0.25) is 0 Å². The number of carbonyl (C=O) groups is 1. The van der Waals surface area contributed by atoms with Gasteiger partial charge in [-0.15, -0.1) is 6.42 Å². The third kappa shape index (κ3) is 2.88. The summed E-state index contributed by atoms with van der Waals surface area (Å²) < 4.78 is 5.04. The first-order valence-corrected chi connectivity index (χ1v) is 4.79. The van der Waals surface area contributed by atoms with Crippen LogP contribution in [0.3, 0.4) is 0 Å². The minimum atomic E-state index is -0.662. The molecule has 15 heavy (non-hydrogen) atoms. The summed E-state index contributed by atoms with van der Waals surface area (Å²) in [5, 5.41) is 9.04. The van der Waals surface area contributed by atoms with Crippen molar-refractivity contribution < 1.29 is 14.6 Å². The number of aliphatic hydroxyl groups excluding tert-OH is 1. The summed E-state index contributed by atoms with van der Waals surface area (Å²) in [7, 11) is 0. The molecule has 1 heterocycles. The van der Waals surface area contributed by atoms with Crippen LogP contribution in [0.4, 0.5) is 0 Å². The van der Waals surface area contributed by atoms with E-state index < -0.39 is 5.97 Å². The highest BCUT2D eigenvalue weighted by atomic mass is 16.6. The highest BCUT2D eigenvalue weighted by Crippen LogP contribution is 2.20. The van der Waals surface area contributed by atoms with Crippen LogP contribution in [0.15, 0.2) is 23.5 Å². The van der Waals surface area contributed by atoms with Crippen LogP contribution in [0.25, 0.3) is 0 Å². The Morgan fingerprint density at radius 3 is 3.07 bits per heavy atom. The van der Waals surface area contributed by atoms with Crippen LogP contribution in [-0.2, 0) is 9.53 Å². The average molecular weight is 206 g/mol. The molecular formula is C12H14O3. The molecular weight excluding hydrogens is 192 g/mol. The first kappa shape index (κ1) is 11.4. The second-order valence-corrected chi connectivity index (χ2v) is 3.62. The van der Waals surface area contributed by atoms with Crippen LogP contribution >= 0.6 is 0 Å². The van der Waals surface area contributed by atoms with E-state index in [9.17, 15) is 4.79 Å². The van der Waals surface area contributed by atoms with Gasteiger partial charge in [-0.05, 0) is 18.6 Å². The summed E-state index contributed by atoms with van der Waals surface area (Å²) in [6.07, 6.45) is 8.86. The molecule has 2 atom stereocenters. The number of hydrogen-bond donors (Lipinski definition) is 1. The highest BCUT2D eigenvalue weighted by molar-refractivity contribution is 5.86. The quantitative estimate of drug-likeness (QED) is 0.555. The van der Waals surface area contributed by atoms with Gasteiger partial charge in [-0.25, -0.2) is 4.79 Å². The van der Waals surface area contributed by atoms with E-state index in [1.165, 1.54) is 6.08 Å². The maximum absolute atomic E-state index is 11.1. The predicted molar refractivity (Wildman–Crippen MR) is 57.0 cm³/mol. The molecule has 0 radical (unpaired) electrons. The van der Waals surface area contributed by atoms with E-state index in [-0.39, 0.29) is 17.8 Å². The number of terminal acetylenes is 1. The zero-order valence-corrected chi connectivity index (χ0v) is 8.86. The van der Waals surface area contributed by atoms with Crippen LogP contribution in [0.2, 0.25) is 0 Å². The fourth-order valence-corrected chi connectivity index (χ4v) is 1.43. The van der Waals surface area contributed by atoms with Gasteiger partial charge in [-0.2, -0.15) is 0 Å². The summed E-state index contributed by atoms with van der Waals surface area (Å²) in [5.74, 6) is 1.59. The summed E-state index contributed by atoms with van der Waals surface area (Å²) in [4.78, 5) is 11.1. The number of cyclic esters (lactones) is 1. The van der Waals surface area contributed by atoms with Crippen molar-refractivity contribution in [3.63, 3.8) is 0 Å². The molecule has 0 aromatic heterocycles. The van der Waals surface area contributed by atoms with E-state index in [1.807, 2.05) is 19.9 Å². The largest absolute Gasteiger partial charge is 0.502 e. The number of hydrogen-bond acceptors (Lipinski definition) is 3.